The monoisotopic (exact) mass is 276 g/mol. The predicted molar refractivity (Wildman–Crippen MR) is 77.8 cm³/mol. The van der Waals surface area contributed by atoms with Crippen molar-refractivity contribution in [2.45, 2.75) is 37.9 Å². The summed E-state index contributed by atoms with van der Waals surface area (Å²) < 4.78 is 6.03. The number of aliphatic hydroxyl groups excluding tert-OH is 1. The molecule has 2 aromatic rings. The summed E-state index contributed by atoms with van der Waals surface area (Å²) in [4.78, 5) is 0. The molecular formula is C16H17ClO2. The summed E-state index contributed by atoms with van der Waals surface area (Å²) in [5.41, 5.74) is 0. The molecule has 3 rings (SSSR count). The third kappa shape index (κ3) is 2.56. The molecule has 2 nitrogen and oxygen atoms in total. The molecule has 0 aliphatic heterocycles. The minimum atomic E-state index is -0.358. The van der Waals surface area contributed by atoms with Crippen LogP contribution in [0.2, 0.25) is 5.02 Å². The molecule has 0 saturated heterocycles. The van der Waals surface area contributed by atoms with Crippen molar-refractivity contribution in [3.8, 4) is 5.75 Å². The molecule has 19 heavy (non-hydrogen) atoms. The van der Waals surface area contributed by atoms with Crippen LogP contribution in [0, 0.1) is 0 Å². The van der Waals surface area contributed by atoms with Gasteiger partial charge in [0.25, 0.3) is 0 Å². The Balaban J connectivity index is 1.94. The van der Waals surface area contributed by atoms with Gasteiger partial charge in [-0.2, -0.15) is 0 Å². The van der Waals surface area contributed by atoms with E-state index in [2.05, 4.69) is 0 Å². The summed E-state index contributed by atoms with van der Waals surface area (Å²) in [6.45, 7) is 0. The van der Waals surface area contributed by atoms with E-state index in [9.17, 15) is 5.11 Å². The van der Waals surface area contributed by atoms with Gasteiger partial charge in [-0.25, -0.2) is 0 Å². The molecule has 0 aromatic heterocycles. The van der Waals surface area contributed by atoms with E-state index >= 15 is 0 Å². The number of fused-ring (bicyclic) bond motifs is 1. The highest BCUT2D eigenvalue weighted by Crippen LogP contribution is 2.33. The van der Waals surface area contributed by atoms with Crippen LogP contribution in [0.1, 0.15) is 25.7 Å². The predicted octanol–water partition coefficient (Wildman–Crippen LogP) is 4.18. The van der Waals surface area contributed by atoms with Crippen LogP contribution in [0.4, 0.5) is 0 Å². The fourth-order valence-electron chi connectivity index (χ4n) is 2.72. The first-order valence-electron chi connectivity index (χ1n) is 6.77. The second-order valence-corrected chi connectivity index (χ2v) is 5.51. The Bertz CT molecular complexity index is 582. The Morgan fingerprint density at radius 3 is 2.53 bits per heavy atom. The van der Waals surface area contributed by atoms with Gasteiger partial charge in [0.2, 0.25) is 0 Å². The van der Waals surface area contributed by atoms with Crippen molar-refractivity contribution in [2.75, 3.05) is 0 Å². The highest BCUT2D eigenvalue weighted by Gasteiger charge is 2.25. The summed E-state index contributed by atoms with van der Waals surface area (Å²) in [5, 5.41) is 12.7. The molecule has 0 heterocycles. The second kappa shape index (κ2) is 5.40. The average molecular weight is 277 g/mol. The van der Waals surface area contributed by atoms with Crippen LogP contribution in [-0.2, 0) is 0 Å². The topological polar surface area (TPSA) is 29.5 Å². The molecule has 2 aromatic carbocycles. The fourth-order valence-corrected chi connectivity index (χ4v) is 2.94. The number of ether oxygens (including phenoxy) is 1. The van der Waals surface area contributed by atoms with Crippen LogP contribution < -0.4 is 4.74 Å². The van der Waals surface area contributed by atoms with Gasteiger partial charge in [-0.15, -0.1) is 0 Å². The van der Waals surface area contributed by atoms with Crippen molar-refractivity contribution in [2.24, 2.45) is 0 Å². The summed E-state index contributed by atoms with van der Waals surface area (Å²) in [5.74, 6) is 0.811. The average Bonchev–Trinajstić information content (AvgIpc) is 2.44. The van der Waals surface area contributed by atoms with E-state index < -0.39 is 0 Å². The van der Waals surface area contributed by atoms with E-state index in [1.807, 2.05) is 36.4 Å². The minimum absolute atomic E-state index is 0.0988. The van der Waals surface area contributed by atoms with E-state index in [-0.39, 0.29) is 12.2 Å². The highest BCUT2D eigenvalue weighted by atomic mass is 35.5. The molecule has 0 radical (unpaired) electrons. The molecule has 1 aliphatic carbocycles. The molecule has 1 saturated carbocycles. The van der Waals surface area contributed by atoms with E-state index in [0.29, 0.717) is 0 Å². The maximum absolute atomic E-state index is 10.0. The molecule has 0 amide bonds. The molecule has 100 valence electrons. The molecule has 2 atom stereocenters. The largest absolute Gasteiger partial charge is 0.487 e. The van der Waals surface area contributed by atoms with E-state index in [4.69, 9.17) is 16.3 Å². The highest BCUT2D eigenvalue weighted by molar-refractivity contribution is 6.35. The zero-order valence-electron chi connectivity index (χ0n) is 10.7. The van der Waals surface area contributed by atoms with Crippen LogP contribution in [0.3, 0.4) is 0 Å². The first-order chi connectivity index (χ1) is 9.25. The molecule has 1 N–H and O–H groups in total. The molecule has 1 fully saturated rings. The number of halogens is 1. The fraction of sp³-hybridized carbons (Fsp3) is 0.375. The first-order valence-corrected chi connectivity index (χ1v) is 7.15. The van der Waals surface area contributed by atoms with Gasteiger partial charge in [-0.1, -0.05) is 42.3 Å². The number of hydrogen-bond acceptors (Lipinski definition) is 2. The molecular weight excluding hydrogens is 260 g/mol. The second-order valence-electron chi connectivity index (χ2n) is 5.10. The SMILES string of the molecule is OC1CCCCC1Oc1ccc(Cl)c2ccccc12. The summed E-state index contributed by atoms with van der Waals surface area (Å²) in [6, 6.07) is 11.7. The Hall–Kier alpha value is -1.25. The standard InChI is InChI=1S/C16H17ClO2/c17-13-9-10-15(12-6-2-1-5-11(12)13)19-16-8-4-3-7-14(16)18/h1-2,5-6,9-10,14,16,18H,3-4,7-8H2. The quantitative estimate of drug-likeness (QED) is 0.892. The summed E-state index contributed by atoms with van der Waals surface area (Å²) in [6.07, 6.45) is 3.49. The molecule has 2 unspecified atom stereocenters. The lowest BCUT2D eigenvalue weighted by Crippen LogP contribution is -2.34. The lowest BCUT2D eigenvalue weighted by Gasteiger charge is -2.28. The zero-order chi connectivity index (χ0) is 13.2. The van der Waals surface area contributed by atoms with Gasteiger partial charge in [0.05, 0.1) is 6.10 Å². The van der Waals surface area contributed by atoms with Gasteiger partial charge >= 0.3 is 0 Å². The van der Waals surface area contributed by atoms with E-state index in [1.165, 1.54) is 0 Å². The Kier molecular flexibility index (Phi) is 3.63. The molecule has 1 aliphatic rings. The summed E-state index contributed by atoms with van der Waals surface area (Å²) >= 11 is 6.20. The van der Waals surface area contributed by atoms with Gasteiger partial charge in [0.1, 0.15) is 11.9 Å². The summed E-state index contributed by atoms with van der Waals surface area (Å²) in [7, 11) is 0. The van der Waals surface area contributed by atoms with Crippen molar-refractivity contribution in [3.05, 3.63) is 41.4 Å². The van der Waals surface area contributed by atoms with Crippen molar-refractivity contribution in [1.82, 2.24) is 0 Å². The third-order valence-corrected chi connectivity index (χ3v) is 4.11. The van der Waals surface area contributed by atoms with Crippen molar-refractivity contribution < 1.29 is 9.84 Å². The van der Waals surface area contributed by atoms with E-state index in [0.717, 1.165) is 47.2 Å². The van der Waals surface area contributed by atoms with Gasteiger partial charge in [-0.3, -0.25) is 0 Å². The maximum atomic E-state index is 10.0. The molecule has 0 bridgehead atoms. The number of aliphatic hydroxyl groups is 1. The van der Waals surface area contributed by atoms with Crippen LogP contribution in [-0.4, -0.2) is 17.3 Å². The third-order valence-electron chi connectivity index (χ3n) is 3.78. The van der Waals surface area contributed by atoms with Gasteiger partial charge < -0.3 is 9.84 Å². The van der Waals surface area contributed by atoms with Crippen molar-refractivity contribution in [1.29, 1.82) is 0 Å². The number of rotatable bonds is 2. The molecule has 0 spiro atoms. The van der Waals surface area contributed by atoms with Crippen LogP contribution in [0.25, 0.3) is 10.8 Å². The maximum Gasteiger partial charge on any atom is 0.127 e. The van der Waals surface area contributed by atoms with Crippen molar-refractivity contribution >= 4 is 22.4 Å². The number of hydrogen-bond donors (Lipinski definition) is 1. The normalized spacial score (nSPS) is 23.5. The van der Waals surface area contributed by atoms with Crippen LogP contribution in [0.5, 0.6) is 5.75 Å². The zero-order valence-corrected chi connectivity index (χ0v) is 11.4. The van der Waals surface area contributed by atoms with Crippen LogP contribution in [0.15, 0.2) is 36.4 Å². The minimum Gasteiger partial charge on any atom is -0.487 e. The lowest BCUT2D eigenvalue weighted by molar-refractivity contribution is 0.00768. The Morgan fingerprint density at radius 1 is 1.00 bits per heavy atom. The van der Waals surface area contributed by atoms with Crippen LogP contribution >= 0.6 is 11.6 Å². The van der Waals surface area contributed by atoms with E-state index in [1.54, 1.807) is 0 Å². The van der Waals surface area contributed by atoms with Crippen molar-refractivity contribution in [3.63, 3.8) is 0 Å². The van der Waals surface area contributed by atoms with Gasteiger partial charge in [0.15, 0.2) is 0 Å². The lowest BCUT2D eigenvalue weighted by atomic mass is 9.95. The molecule has 3 heteroatoms. The Morgan fingerprint density at radius 2 is 1.74 bits per heavy atom. The first kappa shape index (κ1) is 12.8. The van der Waals surface area contributed by atoms with Gasteiger partial charge in [0, 0.05) is 15.8 Å². The number of benzene rings is 2. The Labute approximate surface area is 118 Å². The smallest absolute Gasteiger partial charge is 0.127 e. The van der Waals surface area contributed by atoms with Gasteiger partial charge in [-0.05, 0) is 31.4 Å².